The van der Waals surface area contributed by atoms with Crippen molar-refractivity contribution in [2.24, 2.45) is 5.10 Å². The highest BCUT2D eigenvalue weighted by atomic mass is 35.5. The lowest BCUT2D eigenvalue weighted by Gasteiger charge is -2.17. The minimum atomic E-state index is -0.281. The second-order valence-corrected chi connectivity index (χ2v) is 5.40. The van der Waals surface area contributed by atoms with E-state index in [9.17, 15) is 4.79 Å². The molecule has 1 aliphatic carbocycles. The number of halogens is 1. The van der Waals surface area contributed by atoms with Crippen molar-refractivity contribution in [1.29, 1.82) is 0 Å². The molecule has 2 aromatic rings. The molecule has 0 bridgehead atoms. The second kappa shape index (κ2) is 6.10. The van der Waals surface area contributed by atoms with Gasteiger partial charge in [-0.3, -0.25) is 4.79 Å². The van der Waals surface area contributed by atoms with E-state index in [0.29, 0.717) is 10.6 Å². The molecular weight excluding hydrogens is 284 g/mol. The van der Waals surface area contributed by atoms with E-state index in [1.54, 1.807) is 24.3 Å². The molecule has 0 saturated heterocycles. The van der Waals surface area contributed by atoms with Crippen molar-refractivity contribution < 1.29 is 4.79 Å². The zero-order valence-corrected chi connectivity index (χ0v) is 12.2. The number of carbonyl (C=O) groups excluding carboxylic acids is 1. The molecule has 0 aromatic heterocycles. The van der Waals surface area contributed by atoms with Crippen molar-refractivity contribution in [2.45, 2.75) is 19.3 Å². The first-order chi connectivity index (χ1) is 10.3. The Kier molecular flexibility index (Phi) is 4.02. The van der Waals surface area contributed by atoms with E-state index < -0.39 is 0 Å². The van der Waals surface area contributed by atoms with Crippen LogP contribution < -0.4 is 5.43 Å². The molecule has 3 rings (SSSR count). The van der Waals surface area contributed by atoms with Crippen LogP contribution in [-0.2, 0) is 6.42 Å². The quantitative estimate of drug-likeness (QED) is 0.842. The molecule has 0 aliphatic heterocycles. The number of carbonyl (C=O) groups is 1. The number of nitrogens with zero attached hydrogens (tertiary/aromatic N) is 1. The normalized spacial score (nSPS) is 15.6. The number of fused-ring (bicyclic) bond motifs is 1. The minimum absolute atomic E-state index is 0.281. The Balaban J connectivity index is 1.82. The Morgan fingerprint density at radius 2 is 1.81 bits per heavy atom. The van der Waals surface area contributed by atoms with E-state index in [1.807, 2.05) is 12.1 Å². The standard InChI is InChI=1S/C17H15ClN2O/c18-15-10-4-3-9-14(15)17(21)20-19-16-11-5-7-12-6-1-2-8-13(12)16/h1-4,6,8-10H,5,7,11H2,(H,20,21)/b19-16-. The van der Waals surface area contributed by atoms with Gasteiger partial charge in [-0.25, -0.2) is 5.43 Å². The highest BCUT2D eigenvalue weighted by Crippen LogP contribution is 2.21. The number of rotatable bonds is 2. The van der Waals surface area contributed by atoms with Gasteiger partial charge in [-0.1, -0.05) is 48.0 Å². The Morgan fingerprint density at radius 3 is 2.67 bits per heavy atom. The molecular formula is C17H15ClN2O. The van der Waals surface area contributed by atoms with Crippen molar-refractivity contribution >= 4 is 23.2 Å². The van der Waals surface area contributed by atoms with Gasteiger partial charge in [0.2, 0.25) is 0 Å². The molecule has 0 unspecified atom stereocenters. The van der Waals surface area contributed by atoms with Crippen LogP contribution in [0.25, 0.3) is 0 Å². The molecule has 0 atom stereocenters. The average molecular weight is 299 g/mol. The number of hydrogen-bond donors (Lipinski definition) is 1. The highest BCUT2D eigenvalue weighted by Gasteiger charge is 2.15. The van der Waals surface area contributed by atoms with Crippen molar-refractivity contribution in [3.05, 3.63) is 70.2 Å². The lowest BCUT2D eigenvalue weighted by atomic mass is 9.90. The second-order valence-electron chi connectivity index (χ2n) is 4.99. The lowest BCUT2D eigenvalue weighted by molar-refractivity contribution is 0.0955. The minimum Gasteiger partial charge on any atom is -0.267 e. The number of amides is 1. The van der Waals surface area contributed by atoms with Gasteiger partial charge in [0.1, 0.15) is 0 Å². The molecule has 0 heterocycles. The van der Waals surface area contributed by atoms with Crippen LogP contribution in [0.4, 0.5) is 0 Å². The van der Waals surface area contributed by atoms with Crippen LogP contribution >= 0.6 is 11.6 Å². The average Bonchev–Trinajstić information content (AvgIpc) is 2.53. The van der Waals surface area contributed by atoms with Gasteiger partial charge in [-0.2, -0.15) is 5.10 Å². The van der Waals surface area contributed by atoms with E-state index in [2.05, 4.69) is 22.7 Å². The molecule has 21 heavy (non-hydrogen) atoms. The Labute approximate surface area is 128 Å². The number of hydrogen-bond acceptors (Lipinski definition) is 2. The first kappa shape index (κ1) is 13.8. The lowest BCUT2D eigenvalue weighted by Crippen LogP contribution is -2.22. The third-order valence-electron chi connectivity index (χ3n) is 3.60. The fourth-order valence-electron chi connectivity index (χ4n) is 2.54. The molecule has 2 aromatic carbocycles. The van der Waals surface area contributed by atoms with E-state index in [4.69, 9.17) is 11.6 Å². The number of hydrazone groups is 1. The van der Waals surface area contributed by atoms with Gasteiger partial charge in [0.25, 0.3) is 5.91 Å². The zero-order valence-electron chi connectivity index (χ0n) is 11.5. The van der Waals surface area contributed by atoms with E-state index in [1.165, 1.54) is 5.56 Å². The van der Waals surface area contributed by atoms with Crippen molar-refractivity contribution in [3.63, 3.8) is 0 Å². The SMILES string of the molecule is O=C(N/N=C1/CCCc2ccccc21)c1ccccc1Cl. The monoisotopic (exact) mass is 298 g/mol. The van der Waals surface area contributed by atoms with Crippen LogP contribution in [0, 0.1) is 0 Å². The van der Waals surface area contributed by atoms with Crippen LogP contribution in [-0.4, -0.2) is 11.6 Å². The van der Waals surface area contributed by atoms with Gasteiger partial charge in [0, 0.05) is 5.56 Å². The summed E-state index contributed by atoms with van der Waals surface area (Å²) in [7, 11) is 0. The van der Waals surface area contributed by atoms with Crippen LogP contribution in [0.5, 0.6) is 0 Å². The summed E-state index contributed by atoms with van der Waals surface area (Å²) in [5, 5.41) is 4.73. The predicted octanol–water partition coefficient (Wildman–Crippen LogP) is 3.81. The van der Waals surface area contributed by atoms with Gasteiger partial charge in [0.05, 0.1) is 16.3 Å². The summed E-state index contributed by atoms with van der Waals surface area (Å²) in [6, 6.07) is 15.1. The van der Waals surface area contributed by atoms with E-state index >= 15 is 0 Å². The Bertz CT molecular complexity index is 709. The maximum absolute atomic E-state index is 12.1. The van der Waals surface area contributed by atoms with E-state index in [-0.39, 0.29) is 5.91 Å². The molecule has 1 aliphatic rings. The molecule has 106 valence electrons. The molecule has 1 amide bonds. The Morgan fingerprint density at radius 1 is 1.05 bits per heavy atom. The first-order valence-electron chi connectivity index (χ1n) is 6.95. The largest absolute Gasteiger partial charge is 0.272 e. The third kappa shape index (κ3) is 2.98. The summed E-state index contributed by atoms with van der Waals surface area (Å²) >= 11 is 6.01. The van der Waals surface area contributed by atoms with Gasteiger partial charge < -0.3 is 0 Å². The number of nitrogens with one attached hydrogen (secondary N) is 1. The summed E-state index contributed by atoms with van der Waals surface area (Å²) < 4.78 is 0. The number of aryl methyl sites for hydroxylation is 1. The maximum atomic E-state index is 12.1. The Hall–Kier alpha value is -2.13. The number of benzene rings is 2. The summed E-state index contributed by atoms with van der Waals surface area (Å²) in [6.07, 6.45) is 2.99. The first-order valence-corrected chi connectivity index (χ1v) is 7.33. The highest BCUT2D eigenvalue weighted by molar-refractivity contribution is 6.33. The van der Waals surface area contributed by atoms with Gasteiger partial charge in [0.15, 0.2) is 0 Å². The molecule has 0 radical (unpaired) electrons. The van der Waals surface area contributed by atoms with Crippen molar-refractivity contribution in [1.82, 2.24) is 5.43 Å². The summed E-state index contributed by atoms with van der Waals surface area (Å²) in [6.45, 7) is 0. The van der Waals surface area contributed by atoms with E-state index in [0.717, 1.165) is 30.5 Å². The van der Waals surface area contributed by atoms with Gasteiger partial charge in [-0.05, 0) is 37.0 Å². The summed E-state index contributed by atoms with van der Waals surface area (Å²) in [5.41, 5.74) is 6.40. The summed E-state index contributed by atoms with van der Waals surface area (Å²) in [5.74, 6) is -0.281. The fourth-order valence-corrected chi connectivity index (χ4v) is 2.76. The van der Waals surface area contributed by atoms with Crippen LogP contribution in [0.15, 0.2) is 53.6 Å². The molecule has 0 fully saturated rings. The smallest absolute Gasteiger partial charge is 0.267 e. The fraction of sp³-hybridized carbons (Fsp3) is 0.176. The van der Waals surface area contributed by atoms with Crippen LogP contribution in [0.1, 0.15) is 34.3 Å². The molecule has 3 nitrogen and oxygen atoms in total. The molecule has 0 spiro atoms. The van der Waals surface area contributed by atoms with Crippen molar-refractivity contribution in [2.75, 3.05) is 0 Å². The van der Waals surface area contributed by atoms with Crippen LogP contribution in [0.3, 0.4) is 0 Å². The van der Waals surface area contributed by atoms with Crippen LogP contribution in [0.2, 0.25) is 5.02 Å². The maximum Gasteiger partial charge on any atom is 0.272 e. The van der Waals surface area contributed by atoms with Gasteiger partial charge in [-0.15, -0.1) is 0 Å². The molecule has 4 heteroatoms. The summed E-state index contributed by atoms with van der Waals surface area (Å²) in [4.78, 5) is 12.1. The predicted molar refractivity (Wildman–Crippen MR) is 84.8 cm³/mol. The molecule has 0 saturated carbocycles. The topological polar surface area (TPSA) is 41.5 Å². The third-order valence-corrected chi connectivity index (χ3v) is 3.93. The zero-order chi connectivity index (χ0) is 14.7. The van der Waals surface area contributed by atoms with Gasteiger partial charge >= 0.3 is 0 Å². The molecule has 1 N–H and O–H groups in total. The van der Waals surface area contributed by atoms with Crippen molar-refractivity contribution in [3.8, 4) is 0 Å².